The van der Waals surface area contributed by atoms with E-state index < -0.39 is 14.0 Å². The van der Waals surface area contributed by atoms with E-state index in [0.29, 0.717) is 54.0 Å². The number of ether oxygens (including phenoxy) is 1. The van der Waals surface area contributed by atoms with Gasteiger partial charge in [0.05, 0.1) is 13.0 Å². The molecule has 9 aromatic rings. The molecule has 0 aliphatic carbocycles. The third-order valence-electron chi connectivity index (χ3n) is 9.53. The monoisotopic (exact) mass is 845 g/mol. The van der Waals surface area contributed by atoms with Crippen LogP contribution in [0.5, 0.6) is 0 Å². The fourth-order valence-electron chi connectivity index (χ4n) is 6.23. The van der Waals surface area contributed by atoms with E-state index >= 15 is 0 Å². The number of fused-ring (bicyclic) bond motifs is 3. The third-order valence-corrected chi connectivity index (χ3v) is 11.2. The van der Waals surface area contributed by atoms with Crippen LogP contribution in [0.1, 0.15) is 16.7 Å². The van der Waals surface area contributed by atoms with Gasteiger partial charge in [-0.1, -0.05) is 92.4 Å². The van der Waals surface area contributed by atoms with E-state index in [1.54, 1.807) is 18.2 Å². The highest BCUT2D eigenvalue weighted by molar-refractivity contribution is 6.76. The first-order valence-corrected chi connectivity index (χ1v) is 23.9. The Kier molecular flexibility index (Phi) is 13.7. The van der Waals surface area contributed by atoms with Gasteiger partial charge in [-0.25, -0.2) is 19.7 Å². The number of oxazole rings is 3. The lowest BCUT2D eigenvalue weighted by atomic mass is 10.1. The van der Waals surface area contributed by atoms with Gasteiger partial charge in [0, 0.05) is 37.9 Å². The predicted octanol–water partition coefficient (Wildman–Crippen LogP) is 11.1. The van der Waals surface area contributed by atoms with Gasteiger partial charge in [0.1, 0.15) is 16.6 Å². The number of alkyl carbamates (subject to hydrolysis) is 1. The molecule has 4 N–H and O–H groups in total. The number of hydrogen-bond donors (Lipinski definition) is 3. The van der Waals surface area contributed by atoms with Crippen molar-refractivity contribution in [1.82, 2.24) is 20.3 Å². The Bertz CT molecular complexity index is 2890. The number of carboxylic acid groups (broad SMARTS) is 1. The molecular weight excluding hydrogens is 799 g/mol. The van der Waals surface area contributed by atoms with Gasteiger partial charge in [-0.3, -0.25) is 4.79 Å². The molecule has 0 spiro atoms. The first-order chi connectivity index (χ1) is 30.0. The molecule has 0 atom stereocenters. The molecule has 0 bridgehead atoms. The molecule has 0 unspecified atom stereocenters. The fourth-order valence-corrected chi connectivity index (χ4v) is 6.94. The van der Waals surface area contributed by atoms with E-state index in [-0.39, 0.29) is 12.5 Å². The Morgan fingerprint density at radius 2 is 1.00 bits per heavy atom. The average Bonchev–Trinajstić information content (AvgIpc) is 4.03. The highest BCUT2D eigenvalue weighted by atomic mass is 28.3. The number of benzene rings is 6. The molecule has 6 aromatic carbocycles. The van der Waals surface area contributed by atoms with Crippen LogP contribution in [0.25, 0.3) is 67.7 Å². The van der Waals surface area contributed by atoms with Crippen molar-refractivity contribution in [3.05, 3.63) is 162 Å². The number of carbonyl (C=O) groups excluding carboxylic acids is 1. The van der Waals surface area contributed by atoms with Crippen LogP contribution >= 0.6 is 0 Å². The number of rotatable bonds is 11. The Morgan fingerprint density at radius 3 is 1.42 bits per heavy atom. The van der Waals surface area contributed by atoms with Gasteiger partial charge in [-0.15, -0.1) is 0 Å². The number of amides is 1. The van der Waals surface area contributed by atoms with E-state index in [1.165, 1.54) is 0 Å². The second-order valence-corrected chi connectivity index (χ2v) is 21.3. The summed E-state index contributed by atoms with van der Waals surface area (Å²) in [5.74, 6) is 0.931. The molecule has 9 rings (SSSR count). The number of aromatic nitrogens is 3. The lowest BCUT2D eigenvalue weighted by Gasteiger charge is -2.15. The number of nitrogens with one attached hydrogen (secondary N) is 1. The van der Waals surface area contributed by atoms with Gasteiger partial charge < -0.3 is 34.1 Å². The molecule has 0 saturated heterocycles. The number of carboxylic acids is 1. The summed E-state index contributed by atoms with van der Waals surface area (Å²) in [5.41, 5.74) is 15.6. The molecule has 314 valence electrons. The summed E-state index contributed by atoms with van der Waals surface area (Å²) in [6, 6.07) is 47.0. The average molecular weight is 846 g/mol. The van der Waals surface area contributed by atoms with Crippen molar-refractivity contribution in [2.75, 3.05) is 6.61 Å². The zero-order valence-corrected chi connectivity index (χ0v) is 35.7. The molecule has 0 radical (unpaired) electrons. The molecule has 62 heavy (non-hydrogen) atoms. The van der Waals surface area contributed by atoms with E-state index in [9.17, 15) is 9.59 Å². The van der Waals surface area contributed by atoms with Crippen molar-refractivity contribution in [3.63, 3.8) is 0 Å². The molecule has 0 fully saturated rings. The molecule has 0 saturated carbocycles. The summed E-state index contributed by atoms with van der Waals surface area (Å²) in [6.07, 6.45) is -0.391. The van der Waals surface area contributed by atoms with Gasteiger partial charge in [0.2, 0.25) is 17.7 Å². The van der Waals surface area contributed by atoms with Gasteiger partial charge >= 0.3 is 12.1 Å². The maximum absolute atomic E-state index is 11.8. The SMILES string of the molecule is C[Si](C)(C)CCOC(=O)NCc1ccc2oc(-c3ccccc3)nc2c1.NCc1ccc2oc(-c3ccccc3)nc2c1.O=C(O)Cc1ccc2oc(-c3ccccc3)nc2c1. The summed E-state index contributed by atoms with van der Waals surface area (Å²) < 4.78 is 22.4. The number of aliphatic carboxylic acids is 1. The maximum atomic E-state index is 11.8. The van der Waals surface area contributed by atoms with E-state index in [1.807, 2.05) is 127 Å². The first kappa shape index (κ1) is 42.8. The minimum absolute atomic E-state index is 0.0104. The normalized spacial score (nSPS) is 11.1. The zero-order chi connectivity index (χ0) is 43.5. The van der Waals surface area contributed by atoms with Crippen LogP contribution in [0.2, 0.25) is 25.7 Å². The van der Waals surface area contributed by atoms with Crippen molar-refractivity contribution < 1.29 is 32.7 Å². The van der Waals surface area contributed by atoms with Gasteiger partial charge in [-0.05, 0) is 95.5 Å². The highest BCUT2D eigenvalue weighted by Gasteiger charge is 2.15. The van der Waals surface area contributed by atoms with Crippen LogP contribution in [0.15, 0.2) is 159 Å². The van der Waals surface area contributed by atoms with Gasteiger partial charge in [0.15, 0.2) is 16.7 Å². The summed E-state index contributed by atoms with van der Waals surface area (Å²) in [4.78, 5) is 35.9. The molecule has 0 aliphatic rings. The summed E-state index contributed by atoms with van der Waals surface area (Å²) in [5, 5.41) is 11.6. The smallest absolute Gasteiger partial charge is 0.407 e. The van der Waals surface area contributed by atoms with Crippen LogP contribution in [0.4, 0.5) is 4.79 Å². The fraction of sp³-hybridized carbons (Fsp3) is 0.163. The quantitative estimate of drug-likeness (QED) is 0.105. The second kappa shape index (κ2) is 19.8. The Labute approximate surface area is 359 Å². The molecule has 3 aromatic heterocycles. The Hall–Kier alpha value is -7.35. The summed E-state index contributed by atoms with van der Waals surface area (Å²) >= 11 is 0. The van der Waals surface area contributed by atoms with Gasteiger partial charge in [0.25, 0.3) is 0 Å². The minimum atomic E-state index is -1.19. The van der Waals surface area contributed by atoms with Crippen molar-refractivity contribution in [2.24, 2.45) is 5.73 Å². The highest BCUT2D eigenvalue weighted by Crippen LogP contribution is 2.27. The Balaban J connectivity index is 0.000000144. The molecule has 0 aliphatic heterocycles. The summed E-state index contributed by atoms with van der Waals surface area (Å²) in [6.45, 7) is 8.16. The number of hydrogen-bond acceptors (Lipinski definition) is 10. The van der Waals surface area contributed by atoms with Gasteiger partial charge in [-0.2, -0.15) is 0 Å². The van der Waals surface area contributed by atoms with Crippen molar-refractivity contribution in [3.8, 4) is 34.4 Å². The van der Waals surface area contributed by atoms with Crippen LogP contribution in [0.3, 0.4) is 0 Å². The standard InChI is InChI=1S/C20H24N2O3Si.C15H11NO3.C14H12N2O/c1-26(2,3)12-11-24-20(23)21-14-15-9-10-18-17(13-15)22-19(25-18)16-7-5-4-6-8-16;17-14(18)9-10-6-7-13-12(8-10)16-15(19-13)11-4-2-1-3-5-11;15-9-10-6-7-13-12(8-10)16-14(17-13)11-4-2-1-3-5-11/h4-10,13H,11-12,14H2,1-3H3,(H,21,23);1-8H,9H2,(H,17,18);1-8H,9,15H2. The van der Waals surface area contributed by atoms with Crippen LogP contribution < -0.4 is 11.1 Å². The molecule has 3 heterocycles. The van der Waals surface area contributed by atoms with Crippen molar-refractivity contribution in [2.45, 2.75) is 45.2 Å². The van der Waals surface area contributed by atoms with E-state index in [0.717, 1.165) is 56.1 Å². The molecule has 12 nitrogen and oxygen atoms in total. The van der Waals surface area contributed by atoms with Crippen LogP contribution in [0, 0.1) is 0 Å². The second-order valence-electron chi connectivity index (χ2n) is 15.6. The number of carbonyl (C=O) groups is 2. The lowest BCUT2D eigenvalue weighted by molar-refractivity contribution is -0.136. The van der Waals surface area contributed by atoms with E-state index in [2.05, 4.69) is 39.9 Å². The number of nitrogens with zero attached hydrogens (tertiary/aromatic N) is 3. The van der Waals surface area contributed by atoms with Crippen molar-refractivity contribution in [1.29, 1.82) is 0 Å². The van der Waals surface area contributed by atoms with E-state index in [4.69, 9.17) is 28.8 Å². The molecular formula is C49H47N5O7Si. The predicted molar refractivity (Wildman–Crippen MR) is 244 cm³/mol. The third kappa shape index (κ3) is 11.7. The Morgan fingerprint density at radius 1 is 0.597 bits per heavy atom. The van der Waals surface area contributed by atoms with Crippen LogP contribution in [-0.2, 0) is 29.0 Å². The summed E-state index contributed by atoms with van der Waals surface area (Å²) in [7, 11) is -1.19. The zero-order valence-electron chi connectivity index (χ0n) is 34.7. The minimum Gasteiger partial charge on any atom is -0.481 e. The molecule has 1 amide bonds. The van der Waals surface area contributed by atoms with Crippen LogP contribution in [-0.4, -0.2) is 46.8 Å². The maximum Gasteiger partial charge on any atom is 0.407 e. The topological polar surface area (TPSA) is 180 Å². The van der Waals surface area contributed by atoms with Crippen molar-refractivity contribution >= 4 is 53.4 Å². The number of nitrogens with two attached hydrogens (primary N) is 1. The molecule has 13 heteroatoms. The largest absolute Gasteiger partial charge is 0.481 e. The lowest BCUT2D eigenvalue weighted by Crippen LogP contribution is -2.27. The first-order valence-electron chi connectivity index (χ1n) is 20.2.